The lowest BCUT2D eigenvalue weighted by molar-refractivity contribution is 0.00210. The minimum atomic E-state index is -1.06. The monoisotopic (exact) mass is 365 g/mol. The Morgan fingerprint density at radius 1 is 1.36 bits per heavy atom. The Bertz CT molecular complexity index is 637. The van der Waals surface area contributed by atoms with Gasteiger partial charge in [-0.3, -0.25) is 0 Å². The van der Waals surface area contributed by atoms with E-state index in [9.17, 15) is 15.0 Å². The van der Waals surface area contributed by atoms with Gasteiger partial charge in [-0.15, -0.1) is 0 Å². The molecule has 2 unspecified atom stereocenters. The van der Waals surface area contributed by atoms with E-state index in [0.29, 0.717) is 23.8 Å². The van der Waals surface area contributed by atoms with Crippen molar-refractivity contribution >= 4 is 17.7 Å². The molecule has 2 saturated carbocycles. The molecule has 1 aromatic carbocycles. The smallest absolute Gasteiger partial charge is 0.405 e. The van der Waals surface area contributed by atoms with Gasteiger partial charge < -0.3 is 15.5 Å². The molecular weight excluding hydrogens is 338 g/mol. The zero-order valence-electron chi connectivity index (χ0n) is 14.8. The van der Waals surface area contributed by atoms with Gasteiger partial charge in [-0.2, -0.15) is 0 Å². The van der Waals surface area contributed by atoms with Gasteiger partial charge in [-0.25, -0.2) is 4.79 Å². The average molecular weight is 366 g/mol. The van der Waals surface area contributed by atoms with E-state index >= 15 is 0 Å². The second-order valence-corrected chi connectivity index (χ2v) is 8.20. The summed E-state index contributed by atoms with van der Waals surface area (Å²) >= 11 is 6.53. The van der Waals surface area contributed by atoms with Crippen LogP contribution in [0, 0.1) is 5.92 Å². The molecular formula is C20H28ClNO3. The molecule has 5 heteroatoms. The number of hydrogen-bond acceptors (Lipinski definition) is 2. The van der Waals surface area contributed by atoms with Crippen molar-refractivity contribution in [2.45, 2.75) is 75.3 Å². The van der Waals surface area contributed by atoms with Crippen molar-refractivity contribution in [3.05, 3.63) is 34.9 Å². The summed E-state index contributed by atoms with van der Waals surface area (Å²) in [4.78, 5) is 11.7. The summed E-state index contributed by atoms with van der Waals surface area (Å²) in [6, 6.07) is 7.73. The summed E-state index contributed by atoms with van der Waals surface area (Å²) in [6.07, 6.45) is 5.40. The zero-order valence-corrected chi connectivity index (χ0v) is 15.6. The van der Waals surface area contributed by atoms with Crippen LogP contribution >= 0.6 is 11.6 Å². The minimum absolute atomic E-state index is 0.417. The fourth-order valence-corrected chi connectivity index (χ4v) is 5.76. The van der Waals surface area contributed by atoms with E-state index < -0.39 is 23.2 Å². The lowest BCUT2D eigenvalue weighted by Crippen LogP contribution is -2.66. The number of nitrogens with one attached hydrogen (secondary N) is 1. The first-order valence-corrected chi connectivity index (χ1v) is 9.77. The third kappa shape index (κ3) is 3.04. The molecule has 138 valence electrons. The number of aliphatic hydroxyl groups excluding tert-OH is 1. The van der Waals surface area contributed by atoms with Gasteiger partial charge in [0.1, 0.15) is 0 Å². The van der Waals surface area contributed by atoms with Gasteiger partial charge in [0.2, 0.25) is 0 Å². The summed E-state index contributed by atoms with van der Waals surface area (Å²) in [5, 5.41) is 24.2. The van der Waals surface area contributed by atoms with Crippen LogP contribution in [0.1, 0.15) is 63.9 Å². The van der Waals surface area contributed by atoms with Gasteiger partial charge in [0.25, 0.3) is 0 Å². The Labute approximate surface area is 154 Å². The van der Waals surface area contributed by atoms with E-state index in [2.05, 4.69) is 12.2 Å². The van der Waals surface area contributed by atoms with Crippen LogP contribution in [0.15, 0.2) is 24.3 Å². The maximum atomic E-state index is 11.7. The van der Waals surface area contributed by atoms with Crippen LogP contribution in [-0.2, 0) is 5.41 Å². The van der Waals surface area contributed by atoms with Crippen molar-refractivity contribution in [1.29, 1.82) is 0 Å². The topological polar surface area (TPSA) is 69.6 Å². The van der Waals surface area contributed by atoms with Crippen LogP contribution < -0.4 is 5.32 Å². The van der Waals surface area contributed by atoms with Gasteiger partial charge in [-0.05, 0) is 49.7 Å². The molecule has 0 aliphatic heterocycles. The highest BCUT2D eigenvalue weighted by Gasteiger charge is 2.66. The van der Waals surface area contributed by atoms with Gasteiger partial charge in [0.05, 0.1) is 11.6 Å². The highest BCUT2D eigenvalue weighted by molar-refractivity contribution is 6.31. The number of aliphatic hydroxyl groups is 1. The highest BCUT2D eigenvalue weighted by atomic mass is 35.5. The second-order valence-electron chi connectivity index (χ2n) is 7.79. The Balaban J connectivity index is 2.03. The summed E-state index contributed by atoms with van der Waals surface area (Å²) in [6.45, 7) is 2.13. The van der Waals surface area contributed by atoms with E-state index in [1.165, 1.54) is 0 Å². The van der Waals surface area contributed by atoms with Crippen LogP contribution in [0.3, 0.4) is 0 Å². The molecule has 0 spiro atoms. The molecule has 0 heterocycles. The van der Waals surface area contributed by atoms with Gasteiger partial charge >= 0.3 is 6.09 Å². The number of unbranched alkanes of at least 4 members (excludes halogenated alkanes) is 2. The molecule has 4 nitrogen and oxygen atoms in total. The zero-order chi connectivity index (χ0) is 18.1. The fraction of sp³-hybridized carbons (Fsp3) is 0.650. The summed E-state index contributed by atoms with van der Waals surface area (Å²) in [7, 11) is 0. The third-order valence-corrected chi connectivity index (χ3v) is 6.78. The SMILES string of the molecule is CCCCCC(O)[C@]1(NC(=O)O)CC2CC[C@@]1(c1ccccc1Cl)C2. The predicted molar refractivity (Wildman–Crippen MR) is 99.1 cm³/mol. The van der Waals surface area contributed by atoms with Crippen molar-refractivity contribution in [3.63, 3.8) is 0 Å². The molecule has 3 rings (SSSR count). The lowest BCUT2D eigenvalue weighted by atomic mass is 9.61. The molecule has 2 bridgehead atoms. The van der Waals surface area contributed by atoms with Crippen LogP contribution in [0.25, 0.3) is 0 Å². The number of amides is 1. The highest BCUT2D eigenvalue weighted by Crippen LogP contribution is 2.63. The predicted octanol–water partition coefficient (Wildman–Crippen LogP) is 4.73. The van der Waals surface area contributed by atoms with Crippen molar-refractivity contribution < 1.29 is 15.0 Å². The van der Waals surface area contributed by atoms with E-state index in [1.807, 2.05) is 24.3 Å². The summed E-state index contributed by atoms with van der Waals surface area (Å²) in [5.41, 5.74) is -0.277. The Morgan fingerprint density at radius 3 is 2.76 bits per heavy atom. The number of carbonyl (C=O) groups is 1. The molecule has 2 fully saturated rings. The van der Waals surface area contributed by atoms with Crippen LogP contribution in [0.2, 0.25) is 5.02 Å². The standard InChI is InChI=1S/C20H28ClNO3/c1-2-3-4-9-17(23)20(22-18(24)25)13-14-10-11-19(20,12-14)15-7-5-6-8-16(15)21/h5-8,14,17,22-23H,2-4,9-13H2,1H3,(H,24,25)/t14?,17?,19-,20+/m0/s1. The number of hydrogen-bond donors (Lipinski definition) is 3. The number of halogens is 1. The average Bonchev–Trinajstić information content (AvgIpc) is 3.12. The van der Waals surface area contributed by atoms with Gasteiger partial charge in [-0.1, -0.05) is 56.0 Å². The number of benzene rings is 1. The first-order chi connectivity index (χ1) is 11.9. The van der Waals surface area contributed by atoms with Gasteiger partial charge in [0, 0.05) is 10.4 Å². The summed E-state index contributed by atoms with van der Waals surface area (Å²) < 4.78 is 0. The Hall–Kier alpha value is -1.26. The lowest BCUT2D eigenvalue weighted by Gasteiger charge is -2.50. The van der Waals surface area contributed by atoms with E-state index in [4.69, 9.17) is 11.6 Å². The van der Waals surface area contributed by atoms with E-state index in [0.717, 1.165) is 44.1 Å². The van der Waals surface area contributed by atoms with E-state index in [-0.39, 0.29) is 0 Å². The van der Waals surface area contributed by atoms with E-state index in [1.54, 1.807) is 0 Å². The number of rotatable bonds is 7. The van der Waals surface area contributed by atoms with Crippen LogP contribution in [0.5, 0.6) is 0 Å². The molecule has 1 aromatic rings. The van der Waals surface area contributed by atoms with Crippen molar-refractivity contribution in [3.8, 4) is 0 Å². The molecule has 2 aliphatic carbocycles. The number of fused-ring (bicyclic) bond motifs is 2. The molecule has 1 amide bonds. The third-order valence-electron chi connectivity index (χ3n) is 6.45. The fourth-order valence-electron chi connectivity index (χ4n) is 5.45. The quantitative estimate of drug-likeness (QED) is 0.612. The van der Waals surface area contributed by atoms with Crippen LogP contribution in [-0.4, -0.2) is 27.9 Å². The molecule has 0 saturated heterocycles. The molecule has 0 radical (unpaired) electrons. The maximum Gasteiger partial charge on any atom is 0.405 e. The largest absolute Gasteiger partial charge is 0.465 e. The van der Waals surface area contributed by atoms with Crippen molar-refractivity contribution in [1.82, 2.24) is 5.32 Å². The molecule has 4 atom stereocenters. The van der Waals surface area contributed by atoms with Crippen molar-refractivity contribution in [2.75, 3.05) is 0 Å². The first-order valence-electron chi connectivity index (χ1n) is 9.39. The Kier molecular flexibility index (Phi) is 5.31. The molecule has 3 N–H and O–H groups in total. The van der Waals surface area contributed by atoms with Gasteiger partial charge in [0.15, 0.2) is 0 Å². The summed E-state index contributed by atoms with van der Waals surface area (Å²) in [5.74, 6) is 0.434. The molecule has 2 aliphatic rings. The molecule has 25 heavy (non-hydrogen) atoms. The van der Waals surface area contributed by atoms with Crippen LogP contribution in [0.4, 0.5) is 4.79 Å². The normalized spacial score (nSPS) is 31.9. The molecule has 0 aromatic heterocycles. The Morgan fingerprint density at radius 2 is 2.12 bits per heavy atom. The number of carboxylic acid groups (broad SMARTS) is 1. The second kappa shape index (κ2) is 7.16. The maximum absolute atomic E-state index is 11.7. The minimum Gasteiger partial charge on any atom is -0.465 e. The first kappa shape index (κ1) is 18.5. The van der Waals surface area contributed by atoms with Crippen molar-refractivity contribution in [2.24, 2.45) is 5.92 Å².